The lowest BCUT2D eigenvalue weighted by molar-refractivity contribution is -0.160. The van der Waals surface area contributed by atoms with E-state index in [0.717, 1.165) is 25.0 Å². The monoisotopic (exact) mass is 208 g/mol. The largest absolute Gasteiger partial charge is 0.469 e. The number of nitrogens with two attached hydrogens (primary N) is 1. The molecule has 1 aliphatic rings. The molecular formula is C11H16N2O2. The predicted molar refractivity (Wildman–Crippen MR) is 56.0 cm³/mol. The Labute approximate surface area is 88.8 Å². The minimum Gasteiger partial charge on any atom is -0.469 e. The molecule has 1 aromatic rings. The third kappa shape index (κ3) is 1.45. The van der Waals surface area contributed by atoms with E-state index in [1.165, 1.54) is 7.11 Å². The van der Waals surface area contributed by atoms with Crippen LogP contribution in [0.4, 0.5) is 0 Å². The highest BCUT2D eigenvalue weighted by molar-refractivity contribution is 5.79. The molecule has 1 atom stereocenters. The molecule has 1 aliphatic carbocycles. The Bertz CT molecular complexity index is 341. The number of nitrogens with one attached hydrogen (secondary N) is 1. The van der Waals surface area contributed by atoms with Crippen molar-refractivity contribution in [2.75, 3.05) is 7.11 Å². The van der Waals surface area contributed by atoms with Gasteiger partial charge in [0.05, 0.1) is 18.6 Å². The molecule has 1 unspecified atom stereocenters. The smallest absolute Gasteiger partial charge is 0.313 e. The highest BCUT2D eigenvalue weighted by Gasteiger charge is 2.50. The highest BCUT2D eigenvalue weighted by Crippen LogP contribution is 2.49. The number of ether oxygens (including phenoxy) is 1. The van der Waals surface area contributed by atoms with Crippen molar-refractivity contribution in [3.05, 3.63) is 24.0 Å². The van der Waals surface area contributed by atoms with Crippen molar-refractivity contribution in [1.82, 2.24) is 4.98 Å². The summed E-state index contributed by atoms with van der Waals surface area (Å²) in [6, 6.07) is 3.51. The van der Waals surface area contributed by atoms with Gasteiger partial charge in [-0.15, -0.1) is 0 Å². The van der Waals surface area contributed by atoms with Gasteiger partial charge in [-0.05, 0) is 25.0 Å². The maximum Gasteiger partial charge on any atom is 0.313 e. The summed E-state index contributed by atoms with van der Waals surface area (Å²) in [5.74, 6) is -0.184. The average Bonchev–Trinajstić information content (AvgIpc) is 2.68. The Kier molecular flexibility index (Phi) is 2.52. The van der Waals surface area contributed by atoms with Crippen LogP contribution in [0.25, 0.3) is 0 Å². The minimum absolute atomic E-state index is 0.184. The van der Waals surface area contributed by atoms with E-state index in [1.54, 1.807) is 0 Å². The van der Waals surface area contributed by atoms with E-state index < -0.39 is 5.41 Å². The fraction of sp³-hybridized carbons (Fsp3) is 0.545. The summed E-state index contributed by atoms with van der Waals surface area (Å²) in [5, 5.41) is 0. The Hall–Kier alpha value is -1.29. The number of rotatable bonds is 3. The van der Waals surface area contributed by atoms with Gasteiger partial charge in [0.2, 0.25) is 0 Å². The van der Waals surface area contributed by atoms with Crippen molar-refractivity contribution in [2.24, 2.45) is 11.1 Å². The van der Waals surface area contributed by atoms with Crippen LogP contribution in [0.5, 0.6) is 0 Å². The average molecular weight is 208 g/mol. The summed E-state index contributed by atoms with van der Waals surface area (Å²) in [7, 11) is 1.42. The summed E-state index contributed by atoms with van der Waals surface area (Å²) in [6.45, 7) is 0. The van der Waals surface area contributed by atoms with Crippen molar-refractivity contribution >= 4 is 5.97 Å². The first-order valence-electron chi connectivity index (χ1n) is 5.18. The van der Waals surface area contributed by atoms with Crippen molar-refractivity contribution in [3.63, 3.8) is 0 Å². The summed E-state index contributed by atoms with van der Waals surface area (Å²) >= 11 is 0. The summed E-state index contributed by atoms with van der Waals surface area (Å²) in [4.78, 5) is 14.8. The number of H-pyrrole nitrogens is 1. The lowest BCUT2D eigenvalue weighted by Gasteiger charge is -2.42. The quantitative estimate of drug-likeness (QED) is 0.737. The van der Waals surface area contributed by atoms with Gasteiger partial charge in [0.1, 0.15) is 0 Å². The molecule has 0 amide bonds. The van der Waals surface area contributed by atoms with Crippen molar-refractivity contribution in [3.8, 4) is 0 Å². The lowest BCUT2D eigenvalue weighted by Crippen LogP contribution is -2.47. The summed E-state index contributed by atoms with van der Waals surface area (Å²) in [6.07, 6.45) is 4.50. The molecular weight excluding hydrogens is 192 g/mol. The molecule has 2 rings (SSSR count). The van der Waals surface area contributed by atoms with Crippen LogP contribution >= 0.6 is 0 Å². The van der Waals surface area contributed by atoms with Crippen LogP contribution in [0.1, 0.15) is 31.0 Å². The molecule has 82 valence electrons. The van der Waals surface area contributed by atoms with Crippen LogP contribution < -0.4 is 5.73 Å². The molecule has 0 spiro atoms. The maximum absolute atomic E-state index is 11.7. The fourth-order valence-corrected chi connectivity index (χ4v) is 2.24. The Morgan fingerprint density at radius 3 is 2.80 bits per heavy atom. The zero-order valence-electron chi connectivity index (χ0n) is 8.82. The van der Waals surface area contributed by atoms with Gasteiger partial charge in [-0.1, -0.05) is 6.42 Å². The molecule has 0 saturated heterocycles. The van der Waals surface area contributed by atoms with Crippen LogP contribution in [0.2, 0.25) is 0 Å². The van der Waals surface area contributed by atoms with Gasteiger partial charge in [0.25, 0.3) is 0 Å². The number of hydrogen-bond donors (Lipinski definition) is 2. The number of hydrogen-bond acceptors (Lipinski definition) is 3. The Morgan fingerprint density at radius 2 is 2.40 bits per heavy atom. The standard InChI is InChI=1S/C11H16N2O2/c1-15-10(14)11(5-3-6-11)9(12)8-4-2-7-13-8/h2,4,7,9,13H,3,5-6,12H2,1H3. The molecule has 1 saturated carbocycles. The number of aromatic nitrogens is 1. The summed E-state index contributed by atoms with van der Waals surface area (Å²) < 4.78 is 4.84. The molecule has 0 aliphatic heterocycles. The molecule has 0 radical (unpaired) electrons. The molecule has 1 aromatic heterocycles. The van der Waals surface area contributed by atoms with Crippen LogP contribution in [-0.4, -0.2) is 18.1 Å². The second-order valence-corrected chi connectivity index (χ2v) is 4.10. The number of methoxy groups -OCH3 is 1. The number of aromatic amines is 1. The Morgan fingerprint density at radius 1 is 1.67 bits per heavy atom. The van der Waals surface area contributed by atoms with E-state index >= 15 is 0 Å². The molecule has 4 nitrogen and oxygen atoms in total. The van der Waals surface area contributed by atoms with Gasteiger partial charge in [0, 0.05) is 11.9 Å². The molecule has 4 heteroatoms. The third-order valence-electron chi connectivity index (χ3n) is 3.39. The van der Waals surface area contributed by atoms with Crippen molar-refractivity contribution in [1.29, 1.82) is 0 Å². The fourth-order valence-electron chi connectivity index (χ4n) is 2.24. The topological polar surface area (TPSA) is 68.1 Å². The van der Waals surface area contributed by atoms with E-state index in [0.29, 0.717) is 0 Å². The zero-order valence-corrected chi connectivity index (χ0v) is 8.82. The number of esters is 1. The third-order valence-corrected chi connectivity index (χ3v) is 3.39. The molecule has 15 heavy (non-hydrogen) atoms. The molecule has 1 heterocycles. The first kappa shape index (κ1) is 10.2. The molecule has 1 fully saturated rings. The van der Waals surface area contributed by atoms with Gasteiger partial charge < -0.3 is 15.5 Å². The highest BCUT2D eigenvalue weighted by atomic mass is 16.5. The van der Waals surface area contributed by atoms with E-state index in [2.05, 4.69) is 4.98 Å². The second kappa shape index (κ2) is 3.70. The van der Waals surface area contributed by atoms with Gasteiger partial charge in [-0.2, -0.15) is 0 Å². The lowest BCUT2D eigenvalue weighted by atomic mass is 9.63. The first-order valence-corrected chi connectivity index (χ1v) is 5.18. The second-order valence-electron chi connectivity index (χ2n) is 4.10. The van der Waals surface area contributed by atoms with Gasteiger partial charge in [-0.25, -0.2) is 0 Å². The predicted octanol–water partition coefficient (Wildman–Crippen LogP) is 1.36. The van der Waals surface area contributed by atoms with Crippen LogP contribution in [0.3, 0.4) is 0 Å². The minimum atomic E-state index is -0.500. The maximum atomic E-state index is 11.7. The van der Waals surface area contributed by atoms with Gasteiger partial charge in [0.15, 0.2) is 0 Å². The number of carbonyl (C=O) groups excluding carboxylic acids is 1. The van der Waals surface area contributed by atoms with Gasteiger partial charge in [-0.3, -0.25) is 4.79 Å². The number of carbonyl (C=O) groups is 1. The summed E-state index contributed by atoms with van der Waals surface area (Å²) in [5.41, 5.74) is 6.53. The van der Waals surface area contributed by atoms with Crippen molar-refractivity contribution in [2.45, 2.75) is 25.3 Å². The molecule has 0 aromatic carbocycles. The Balaban J connectivity index is 2.23. The van der Waals surface area contributed by atoms with Gasteiger partial charge >= 0.3 is 5.97 Å². The van der Waals surface area contributed by atoms with Crippen LogP contribution in [-0.2, 0) is 9.53 Å². The zero-order chi connectivity index (χ0) is 10.9. The van der Waals surface area contributed by atoms with E-state index in [1.807, 2.05) is 18.3 Å². The normalized spacial score (nSPS) is 20.4. The first-order chi connectivity index (χ1) is 7.20. The molecule has 3 N–H and O–H groups in total. The van der Waals surface area contributed by atoms with E-state index in [9.17, 15) is 4.79 Å². The SMILES string of the molecule is COC(=O)C1(C(N)c2ccc[nH]2)CCC1. The van der Waals surface area contributed by atoms with E-state index in [4.69, 9.17) is 10.5 Å². The van der Waals surface area contributed by atoms with Crippen molar-refractivity contribution < 1.29 is 9.53 Å². The van der Waals surface area contributed by atoms with Crippen LogP contribution in [0.15, 0.2) is 18.3 Å². The van der Waals surface area contributed by atoms with Crippen LogP contribution in [0, 0.1) is 5.41 Å². The van der Waals surface area contributed by atoms with E-state index in [-0.39, 0.29) is 12.0 Å². The molecule has 0 bridgehead atoms.